The zero-order chi connectivity index (χ0) is 50.0. The molecular formula is C63H108O6. The van der Waals surface area contributed by atoms with Crippen molar-refractivity contribution in [3.8, 4) is 0 Å². The van der Waals surface area contributed by atoms with Crippen molar-refractivity contribution in [2.45, 2.75) is 284 Å². The van der Waals surface area contributed by atoms with E-state index in [0.717, 1.165) is 103 Å². The molecule has 0 rings (SSSR count). The second kappa shape index (κ2) is 57.2. The number of hydrogen-bond acceptors (Lipinski definition) is 6. The van der Waals surface area contributed by atoms with Gasteiger partial charge >= 0.3 is 17.9 Å². The molecule has 0 aliphatic rings. The summed E-state index contributed by atoms with van der Waals surface area (Å²) in [5.74, 6) is -0.891. The van der Waals surface area contributed by atoms with E-state index in [0.29, 0.717) is 19.3 Å². The molecule has 0 saturated carbocycles. The van der Waals surface area contributed by atoms with Crippen LogP contribution in [0.1, 0.15) is 278 Å². The van der Waals surface area contributed by atoms with E-state index >= 15 is 0 Å². The molecule has 0 aromatic rings. The van der Waals surface area contributed by atoms with Crippen LogP contribution >= 0.6 is 0 Å². The van der Waals surface area contributed by atoms with E-state index in [1.807, 2.05) is 0 Å². The van der Waals surface area contributed by atoms with Crippen molar-refractivity contribution in [3.63, 3.8) is 0 Å². The molecule has 0 saturated heterocycles. The minimum absolute atomic E-state index is 0.0790. The fourth-order valence-electron chi connectivity index (χ4n) is 8.03. The number of ether oxygens (including phenoxy) is 3. The molecule has 0 aromatic heterocycles. The zero-order valence-electron chi connectivity index (χ0n) is 45.3. The third-order valence-electron chi connectivity index (χ3n) is 12.4. The minimum Gasteiger partial charge on any atom is -0.462 e. The molecule has 0 radical (unpaired) electrons. The highest BCUT2D eigenvalue weighted by atomic mass is 16.6. The molecule has 0 aliphatic carbocycles. The largest absolute Gasteiger partial charge is 0.462 e. The van der Waals surface area contributed by atoms with E-state index in [2.05, 4.69) is 106 Å². The summed E-state index contributed by atoms with van der Waals surface area (Å²) in [5.41, 5.74) is 0. The topological polar surface area (TPSA) is 78.9 Å². The van der Waals surface area contributed by atoms with E-state index < -0.39 is 6.10 Å². The first-order chi connectivity index (χ1) is 34.0. The van der Waals surface area contributed by atoms with Gasteiger partial charge in [0.25, 0.3) is 0 Å². The molecule has 69 heavy (non-hydrogen) atoms. The van der Waals surface area contributed by atoms with Gasteiger partial charge in [-0.15, -0.1) is 0 Å². The lowest BCUT2D eigenvalue weighted by Gasteiger charge is -2.18. The van der Waals surface area contributed by atoms with Gasteiger partial charge in [-0.25, -0.2) is 0 Å². The van der Waals surface area contributed by atoms with Gasteiger partial charge in [-0.1, -0.05) is 247 Å². The van der Waals surface area contributed by atoms with Gasteiger partial charge in [-0.05, 0) is 96.3 Å². The summed E-state index contributed by atoms with van der Waals surface area (Å²) in [5, 5.41) is 0. The Morgan fingerprint density at radius 3 is 0.913 bits per heavy atom. The van der Waals surface area contributed by atoms with Crippen LogP contribution in [0.5, 0.6) is 0 Å². The Morgan fingerprint density at radius 1 is 0.304 bits per heavy atom. The van der Waals surface area contributed by atoms with Gasteiger partial charge in [0.2, 0.25) is 0 Å². The number of unbranched alkanes of at least 4 members (excludes halogenated alkanes) is 27. The van der Waals surface area contributed by atoms with Gasteiger partial charge in [0.1, 0.15) is 13.2 Å². The van der Waals surface area contributed by atoms with Gasteiger partial charge in [0.05, 0.1) is 0 Å². The van der Waals surface area contributed by atoms with Crippen LogP contribution in [0.3, 0.4) is 0 Å². The molecule has 0 N–H and O–H groups in total. The summed E-state index contributed by atoms with van der Waals surface area (Å²) in [6.07, 6.45) is 74.5. The van der Waals surface area contributed by atoms with Crippen LogP contribution in [0.25, 0.3) is 0 Å². The maximum absolute atomic E-state index is 12.8. The van der Waals surface area contributed by atoms with Crippen LogP contribution in [0.15, 0.2) is 85.1 Å². The van der Waals surface area contributed by atoms with Crippen molar-refractivity contribution >= 4 is 17.9 Å². The standard InChI is InChI=1S/C63H108O6/c1-4-7-10-13-16-18-20-22-24-26-27-28-29-30-31-32-33-34-35-37-38-40-42-44-47-50-53-56-62(65)68-59-60(58-67-61(64)55-52-49-46-15-12-9-6-3)69-63(66)57-54-51-48-45-43-41-39-36-25-23-21-19-17-14-11-8-5-2/h7,10,16-19,22-25,27-28,30-31,60H,4-6,8-9,11-15,20-21,26,29,32-59H2,1-3H3/b10-7-,18-16-,19-17-,24-22-,25-23-,28-27-,31-30-. The second-order valence-corrected chi connectivity index (χ2v) is 19.2. The predicted octanol–water partition coefficient (Wildman–Crippen LogP) is 19.5. The van der Waals surface area contributed by atoms with Crippen molar-refractivity contribution in [2.24, 2.45) is 0 Å². The monoisotopic (exact) mass is 961 g/mol. The Bertz CT molecular complexity index is 1330. The lowest BCUT2D eigenvalue weighted by molar-refractivity contribution is -0.167. The average molecular weight is 962 g/mol. The molecule has 0 aromatic carbocycles. The van der Waals surface area contributed by atoms with Crippen LogP contribution in [-0.2, 0) is 28.6 Å². The molecule has 0 spiro atoms. The van der Waals surface area contributed by atoms with Gasteiger partial charge in [-0.2, -0.15) is 0 Å². The van der Waals surface area contributed by atoms with E-state index in [1.54, 1.807) is 0 Å². The van der Waals surface area contributed by atoms with Crippen LogP contribution in [-0.4, -0.2) is 37.2 Å². The normalized spacial score (nSPS) is 12.7. The highest BCUT2D eigenvalue weighted by molar-refractivity contribution is 5.71. The lowest BCUT2D eigenvalue weighted by Crippen LogP contribution is -2.30. The third-order valence-corrected chi connectivity index (χ3v) is 12.4. The Hall–Kier alpha value is -3.41. The number of carbonyl (C=O) groups excluding carboxylic acids is 3. The zero-order valence-corrected chi connectivity index (χ0v) is 45.3. The molecular weight excluding hydrogens is 853 g/mol. The van der Waals surface area contributed by atoms with Crippen LogP contribution < -0.4 is 0 Å². The first-order valence-electron chi connectivity index (χ1n) is 29.1. The predicted molar refractivity (Wildman–Crippen MR) is 297 cm³/mol. The molecule has 0 amide bonds. The third kappa shape index (κ3) is 55.4. The van der Waals surface area contributed by atoms with Crippen LogP contribution in [0.2, 0.25) is 0 Å². The maximum atomic E-state index is 12.8. The highest BCUT2D eigenvalue weighted by Crippen LogP contribution is 2.15. The Morgan fingerprint density at radius 2 is 0.565 bits per heavy atom. The molecule has 1 unspecified atom stereocenters. The maximum Gasteiger partial charge on any atom is 0.306 e. The van der Waals surface area contributed by atoms with Crippen molar-refractivity contribution in [3.05, 3.63) is 85.1 Å². The fraction of sp³-hybridized carbons (Fsp3) is 0.730. The Labute approximate surface area is 426 Å². The second-order valence-electron chi connectivity index (χ2n) is 19.2. The smallest absolute Gasteiger partial charge is 0.306 e. The molecule has 0 bridgehead atoms. The molecule has 0 aliphatic heterocycles. The van der Waals surface area contributed by atoms with Gasteiger partial charge in [-0.3, -0.25) is 14.4 Å². The molecule has 6 heteroatoms. The number of hydrogen-bond donors (Lipinski definition) is 0. The van der Waals surface area contributed by atoms with Gasteiger partial charge < -0.3 is 14.2 Å². The molecule has 6 nitrogen and oxygen atoms in total. The van der Waals surface area contributed by atoms with E-state index in [4.69, 9.17) is 14.2 Å². The van der Waals surface area contributed by atoms with Crippen molar-refractivity contribution in [1.29, 1.82) is 0 Å². The SMILES string of the molecule is CC/C=C\C/C=C\C/C=C\C/C=C\C/C=C\CCCCCCCCCCCCCC(=O)OCC(COC(=O)CCCCCCCCC)OC(=O)CCCCCCCCC/C=C\C/C=C\CCCCC. The number of carbonyl (C=O) groups is 3. The number of esters is 3. The minimum atomic E-state index is -0.779. The summed E-state index contributed by atoms with van der Waals surface area (Å²) in [6.45, 7) is 6.46. The summed E-state index contributed by atoms with van der Waals surface area (Å²) in [7, 11) is 0. The first-order valence-corrected chi connectivity index (χ1v) is 29.1. The summed E-state index contributed by atoms with van der Waals surface area (Å²) >= 11 is 0. The lowest BCUT2D eigenvalue weighted by atomic mass is 10.0. The fourth-order valence-corrected chi connectivity index (χ4v) is 8.03. The molecule has 1 atom stereocenters. The van der Waals surface area contributed by atoms with Crippen molar-refractivity contribution < 1.29 is 28.6 Å². The quantitative estimate of drug-likeness (QED) is 0.0262. The number of allylic oxidation sites excluding steroid dienone is 14. The molecule has 396 valence electrons. The Kier molecular flexibility index (Phi) is 54.3. The Balaban J connectivity index is 4.16. The summed E-state index contributed by atoms with van der Waals surface area (Å²) in [4.78, 5) is 38.0. The van der Waals surface area contributed by atoms with Crippen LogP contribution in [0.4, 0.5) is 0 Å². The average Bonchev–Trinajstić information content (AvgIpc) is 3.35. The van der Waals surface area contributed by atoms with Crippen molar-refractivity contribution in [2.75, 3.05) is 13.2 Å². The van der Waals surface area contributed by atoms with Crippen LogP contribution in [0, 0.1) is 0 Å². The molecule has 0 heterocycles. The summed E-state index contributed by atoms with van der Waals surface area (Å²) in [6, 6.07) is 0. The van der Waals surface area contributed by atoms with Gasteiger partial charge in [0.15, 0.2) is 6.10 Å². The first kappa shape index (κ1) is 65.6. The van der Waals surface area contributed by atoms with E-state index in [9.17, 15) is 14.4 Å². The summed E-state index contributed by atoms with van der Waals surface area (Å²) < 4.78 is 16.8. The van der Waals surface area contributed by atoms with Crippen molar-refractivity contribution in [1.82, 2.24) is 0 Å². The van der Waals surface area contributed by atoms with E-state index in [1.165, 1.54) is 135 Å². The highest BCUT2D eigenvalue weighted by Gasteiger charge is 2.19. The molecule has 0 fully saturated rings. The van der Waals surface area contributed by atoms with Gasteiger partial charge in [0, 0.05) is 19.3 Å². The number of rotatable bonds is 52. The van der Waals surface area contributed by atoms with E-state index in [-0.39, 0.29) is 31.1 Å².